The fourth-order valence-corrected chi connectivity index (χ4v) is 5.08. The maximum Gasteiger partial charge on any atom is 0.194 e. The number of fused-ring (bicyclic) bond motifs is 2. The monoisotopic (exact) mass is 562 g/mol. The van der Waals surface area contributed by atoms with E-state index in [0.29, 0.717) is 11.1 Å². The van der Waals surface area contributed by atoms with E-state index in [1.807, 2.05) is 60.7 Å². The zero-order valence-electron chi connectivity index (χ0n) is 18.2. The molecule has 4 rings (SSSR count). The molecule has 178 valence electrons. The summed E-state index contributed by atoms with van der Waals surface area (Å²) < 4.78 is -2.09. The Hall–Kier alpha value is -2.07. The maximum atomic E-state index is 13.7. The van der Waals surface area contributed by atoms with Crippen LogP contribution in [-0.2, 0) is 0 Å². The van der Waals surface area contributed by atoms with E-state index < -0.39 is 15.6 Å². The zero-order chi connectivity index (χ0) is 25.2. The fraction of sp³-hybridized carbons (Fsp3) is 0.143. The van der Waals surface area contributed by atoms with E-state index in [1.165, 1.54) is 6.08 Å². The van der Waals surface area contributed by atoms with Gasteiger partial charge in [-0.3, -0.25) is 9.59 Å². The first-order chi connectivity index (χ1) is 16.6. The van der Waals surface area contributed by atoms with Crippen LogP contribution < -0.4 is 0 Å². The van der Waals surface area contributed by atoms with Crippen molar-refractivity contribution in [2.75, 3.05) is 0 Å². The van der Waals surface area contributed by atoms with Crippen molar-refractivity contribution in [1.82, 2.24) is 0 Å². The molecular weight excluding hydrogens is 546 g/mol. The van der Waals surface area contributed by atoms with Gasteiger partial charge in [0.25, 0.3) is 0 Å². The van der Waals surface area contributed by atoms with Crippen LogP contribution in [0.25, 0.3) is 21.5 Å². The maximum absolute atomic E-state index is 13.7. The van der Waals surface area contributed by atoms with Crippen molar-refractivity contribution < 1.29 is 9.59 Å². The van der Waals surface area contributed by atoms with Crippen LogP contribution in [0.15, 0.2) is 95.5 Å². The number of alkyl halides is 3. The quantitative estimate of drug-likeness (QED) is 0.166. The van der Waals surface area contributed by atoms with Crippen LogP contribution in [0.5, 0.6) is 0 Å². The van der Waals surface area contributed by atoms with Gasteiger partial charge in [0.15, 0.2) is 15.4 Å². The third-order valence-corrected chi connectivity index (χ3v) is 7.07. The van der Waals surface area contributed by atoms with Crippen LogP contribution in [0.3, 0.4) is 0 Å². The molecule has 0 aliphatic carbocycles. The zero-order valence-corrected chi connectivity index (χ0v) is 22.0. The van der Waals surface area contributed by atoms with Gasteiger partial charge in [-0.05, 0) is 39.8 Å². The molecule has 35 heavy (non-hydrogen) atoms. The highest BCUT2D eigenvalue weighted by Crippen LogP contribution is 2.44. The number of hydrogen-bond acceptors (Lipinski definition) is 2. The minimum absolute atomic E-state index is 0.151. The van der Waals surface area contributed by atoms with E-state index in [4.69, 9.17) is 58.0 Å². The van der Waals surface area contributed by atoms with Crippen LogP contribution in [0.1, 0.15) is 27.1 Å². The van der Waals surface area contributed by atoms with Crippen LogP contribution in [0.4, 0.5) is 0 Å². The van der Waals surface area contributed by atoms with Crippen LogP contribution in [0, 0.1) is 11.8 Å². The lowest BCUT2D eigenvalue weighted by Crippen LogP contribution is -2.34. The van der Waals surface area contributed by atoms with Crippen molar-refractivity contribution in [1.29, 1.82) is 0 Å². The summed E-state index contributed by atoms with van der Waals surface area (Å²) in [6.45, 7) is 0. The molecule has 0 fully saturated rings. The van der Waals surface area contributed by atoms with E-state index >= 15 is 0 Å². The third kappa shape index (κ3) is 6.20. The summed E-state index contributed by atoms with van der Waals surface area (Å²) in [5.74, 6) is -2.67. The second-order valence-corrected chi connectivity index (χ2v) is 11.6. The van der Waals surface area contributed by atoms with Gasteiger partial charge in [-0.2, -0.15) is 0 Å². The van der Waals surface area contributed by atoms with Crippen molar-refractivity contribution in [3.8, 4) is 0 Å². The first-order valence-electron chi connectivity index (χ1n) is 10.8. The van der Waals surface area contributed by atoms with Gasteiger partial charge in [0.1, 0.15) is 4.49 Å². The average Bonchev–Trinajstić information content (AvgIpc) is 2.84. The molecule has 0 heterocycles. The van der Waals surface area contributed by atoms with Crippen molar-refractivity contribution in [2.45, 2.75) is 10.2 Å². The van der Waals surface area contributed by atoms with Gasteiger partial charge in [0.05, 0.1) is 5.92 Å². The summed E-state index contributed by atoms with van der Waals surface area (Å²) in [5, 5.41) is 3.78. The molecule has 7 heteroatoms. The average molecular weight is 565 g/mol. The summed E-state index contributed by atoms with van der Waals surface area (Å²) in [4.78, 5) is 27.0. The number of carbonyl (C=O) groups is 2. The van der Waals surface area contributed by atoms with Crippen LogP contribution in [0.2, 0.25) is 0 Å². The minimum atomic E-state index is -1.94. The highest BCUT2D eigenvalue weighted by Gasteiger charge is 2.42. The molecule has 0 amide bonds. The molecule has 0 aromatic heterocycles. The molecular formula is C28H19Cl5O2. The Morgan fingerprint density at radius 1 is 0.714 bits per heavy atom. The predicted molar refractivity (Wildman–Crippen MR) is 148 cm³/mol. The third-order valence-electron chi connectivity index (χ3n) is 5.97. The highest BCUT2D eigenvalue weighted by molar-refractivity contribution is 6.68. The number of allylic oxidation sites excluding steroid dienone is 1. The van der Waals surface area contributed by atoms with Gasteiger partial charge in [0.2, 0.25) is 0 Å². The molecule has 0 aliphatic heterocycles. The number of rotatable bonds is 7. The van der Waals surface area contributed by atoms with Crippen LogP contribution >= 0.6 is 58.0 Å². The van der Waals surface area contributed by atoms with E-state index in [0.717, 1.165) is 21.5 Å². The Morgan fingerprint density at radius 2 is 1.20 bits per heavy atom. The van der Waals surface area contributed by atoms with Gasteiger partial charge >= 0.3 is 0 Å². The molecule has 0 N–H and O–H groups in total. The summed E-state index contributed by atoms with van der Waals surface area (Å²) >= 11 is 31.0. The summed E-state index contributed by atoms with van der Waals surface area (Å²) in [7, 11) is 0. The van der Waals surface area contributed by atoms with Gasteiger partial charge < -0.3 is 0 Å². The Labute approximate surface area is 228 Å². The van der Waals surface area contributed by atoms with Gasteiger partial charge in [-0.15, -0.1) is 0 Å². The molecule has 2 nitrogen and oxygen atoms in total. The Morgan fingerprint density at radius 3 is 1.71 bits per heavy atom. The minimum Gasteiger partial charge on any atom is -0.294 e. The number of Topliss-reactive ketones (excluding diaryl/α,β-unsaturated/α-hetero) is 2. The molecule has 0 saturated heterocycles. The normalized spacial score (nSPS) is 13.4. The summed E-state index contributed by atoms with van der Waals surface area (Å²) in [5.41, 5.74) is 0.859. The molecule has 0 aliphatic rings. The first kappa shape index (κ1) is 26.0. The van der Waals surface area contributed by atoms with E-state index in [2.05, 4.69) is 0 Å². The smallest absolute Gasteiger partial charge is 0.194 e. The first-order valence-corrected chi connectivity index (χ1v) is 12.7. The largest absolute Gasteiger partial charge is 0.294 e. The SMILES string of the molecule is O=C(CC(C(C=C(Cl)Cl)C(=O)c1ccc2ccccc2c1)C(Cl)(Cl)Cl)c1ccc2ccccc2c1. The topological polar surface area (TPSA) is 34.1 Å². The summed E-state index contributed by atoms with van der Waals surface area (Å²) in [6.07, 6.45) is 1.14. The number of benzene rings is 4. The number of halogens is 5. The molecule has 0 radical (unpaired) electrons. The molecule has 4 aromatic rings. The highest BCUT2D eigenvalue weighted by atomic mass is 35.6. The van der Waals surface area contributed by atoms with Gasteiger partial charge in [0, 0.05) is 23.5 Å². The number of carbonyl (C=O) groups excluding carboxylic acids is 2. The Balaban J connectivity index is 1.70. The van der Waals surface area contributed by atoms with E-state index in [9.17, 15) is 9.59 Å². The molecule has 2 unspecified atom stereocenters. The Bertz CT molecular complexity index is 1430. The van der Waals surface area contributed by atoms with Crippen molar-refractivity contribution >= 4 is 91.1 Å². The standard InChI is InChI=1S/C28H19Cl5O2/c29-26(30)15-23(27(35)22-12-10-18-6-2-4-8-20(18)14-22)24(28(31,32)33)16-25(34)21-11-9-17-5-1-3-7-19(17)13-21/h1-15,23-24H,16H2. The lowest BCUT2D eigenvalue weighted by molar-refractivity contribution is 0.0874. The van der Waals surface area contributed by atoms with Gasteiger partial charge in [-0.25, -0.2) is 0 Å². The van der Waals surface area contributed by atoms with Gasteiger partial charge in [-0.1, -0.05) is 131 Å². The number of ketones is 2. The molecule has 0 saturated carbocycles. The summed E-state index contributed by atoms with van der Waals surface area (Å²) in [6, 6.07) is 26.0. The molecule has 2 atom stereocenters. The fourth-order valence-electron chi connectivity index (χ4n) is 4.17. The van der Waals surface area contributed by atoms with Crippen molar-refractivity contribution in [3.63, 3.8) is 0 Å². The lowest BCUT2D eigenvalue weighted by Gasteiger charge is -2.29. The molecule has 4 aromatic carbocycles. The van der Waals surface area contributed by atoms with E-state index in [1.54, 1.807) is 24.3 Å². The lowest BCUT2D eigenvalue weighted by atomic mass is 9.82. The van der Waals surface area contributed by atoms with Crippen molar-refractivity contribution in [2.24, 2.45) is 11.8 Å². The van der Waals surface area contributed by atoms with Crippen LogP contribution in [-0.4, -0.2) is 15.4 Å². The second kappa shape index (κ2) is 10.9. The second-order valence-electron chi connectivity index (χ2n) is 8.25. The van der Waals surface area contributed by atoms with E-state index in [-0.39, 0.29) is 22.5 Å². The number of hydrogen-bond donors (Lipinski definition) is 0. The molecule has 0 bridgehead atoms. The van der Waals surface area contributed by atoms with Crippen molar-refractivity contribution in [3.05, 3.63) is 107 Å². The predicted octanol–water partition coefficient (Wildman–Crippen LogP) is 9.37. The Kier molecular flexibility index (Phi) is 8.10. The molecule has 0 spiro atoms.